The summed E-state index contributed by atoms with van der Waals surface area (Å²) in [5, 5.41) is 2.99. The van der Waals surface area contributed by atoms with Gasteiger partial charge in [-0.05, 0) is 51.0 Å². The summed E-state index contributed by atoms with van der Waals surface area (Å²) in [5.74, 6) is 0.516. The molecule has 0 bridgehead atoms. The lowest BCUT2D eigenvalue weighted by Gasteiger charge is -2.14. The average Bonchev–Trinajstić information content (AvgIpc) is 3.02. The molecule has 1 amide bonds. The summed E-state index contributed by atoms with van der Waals surface area (Å²) < 4.78 is 0. The number of aryl methyl sites for hydroxylation is 3. The van der Waals surface area contributed by atoms with E-state index in [9.17, 15) is 4.79 Å². The van der Waals surface area contributed by atoms with Crippen molar-refractivity contribution in [2.45, 2.75) is 27.7 Å². The molecular weight excluding hydrogens is 322 g/mol. The van der Waals surface area contributed by atoms with Crippen LogP contribution in [-0.2, 0) is 0 Å². The zero-order valence-corrected chi connectivity index (χ0v) is 15.6. The van der Waals surface area contributed by atoms with E-state index in [1.807, 2.05) is 70.2 Å². The first kappa shape index (κ1) is 17.7. The fourth-order valence-electron chi connectivity index (χ4n) is 3.27. The zero-order chi connectivity index (χ0) is 18.8. The van der Waals surface area contributed by atoms with Gasteiger partial charge in [-0.3, -0.25) is 4.79 Å². The van der Waals surface area contributed by atoms with Crippen LogP contribution in [0.25, 0.3) is 16.6 Å². The molecule has 1 heterocycles. The lowest BCUT2D eigenvalue weighted by Crippen LogP contribution is -2.25. The monoisotopic (exact) mass is 345 g/mol. The molecule has 0 unspecified atom stereocenters. The second-order valence-electron chi connectivity index (χ2n) is 6.51. The minimum Gasteiger partial charge on any atom is -0.338 e. The first-order valence-electron chi connectivity index (χ1n) is 8.60. The van der Waals surface area contributed by atoms with Crippen LogP contribution in [0.4, 0.5) is 0 Å². The third-order valence-corrected chi connectivity index (χ3v) is 4.44. The maximum absolute atomic E-state index is 12.9. The number of imidazole rings is 1. The highest BCUT2D eigenvalue weighted by atomic mass is 16.1. The number of carbonyl (C=O) groups is 1. The van der Waals surface area contributed by atoms with Crippen molar-refractivity contribution in [3.05, 3.63) is 82.8 Å². The number of nitrogens with zero attached hydrogens (tertiary/aromatic N) is 1. The van der Waals surface area contributed by atoms with Gasteiger partial charge in [0.2, 0.25) is 0 Å². The number of nitrogens with one attached hydrogen (secondary N) is 2. The number of allylic oxidation sites excluding steroid dienone is 2. The normalized spacial score (nSPS) is 11.6. The summed E-state index contributed by atoms with van der Waals surface area (Å²) in [6.07, 6.45) is 1.84. The van der Waals surface area contributed by atoms with E-state index in [-0.39, 0.29) is 5.91 Å². The van der Waals surface area contributed by atoms with Gasteiger partial charge in [0, 0.05) is 16.8 Å². The number of fused-ring (bicyclic) bond motifs is 1. The smallest absolute Gasteiger partial charge is 0.256 e. The van der Waals surface area contributed by atoms with Crippen molar-refractivity contribution in [1.29, 1.82) is 0 Å². The lowest BCUT2D eigenvalue weighted by atomic mass is 9.99. The average molecular weight is 345 g/mol. The molecular formula is C22H23N3O. The van der Waals surface area contributed by atoms with E-state index in [1.165, 1.54) is 0 Å². The molecule has 2 aromatic carbocycles. The van der Waals surface area contributed by atoms with Crippen LogP contribution in [-0.4, -0.2) is 15.9 Å². The van der Waals surface area contributed by atoms with Gasteiger partial charge in [-0.15, -0.1) is 0 Å². The number of amides is 1. The van der Waals surface area contributed by atoms with E-state index >= 15 is 0 Å². The number of H-pyrrole nitrogens is 1. The van der Waals surface area contributed by atoms with Crippen molar-refractivity contribution in [1.82, 2.24) is 15.3 Å². The molecule has 0 saturated heterocycles. The van der Waals surface area contributed by atoms with Crippen LogP contribution in [0.15, 0.2) is 54.8 Å². The first-order valence-corrected chi connectivity index (χ1v) is 8.60. The Labute approximate surface area is 153 Å². The van der Waals surface area contributed by atoms with Gasteiger partial charge in [0.1, 0.15) is 5.82 Å². The predicted octanol–water partition coefficient (Wildman–Crippen LogP) is 4.84. The van der Waals surface area contributed by atoms with Crippen molar-refractivity contribution in [3.63, 3.8) is 0 Å². The third kappa shape index (κ3) is 3.31. The molecule has 0 spiro atoms. The van der Waals surface area contributed by atoms with Gasteiger partial charge in [-0.1, -0.05) is 42.5 Å². The highest BCUT2D eigenvalue weighted by Crippen LogP contribution is 2.22. The Balaban J connectivity index is 1.88. The zero-order valence-electron chi connectivity index (χ0n) is 15.6. The van der Waals surface area contributed by atoms with Gasteiger partial charge >= 0.3 is 0 Å². The van der Waals surface area contributed by atoms with Crippen LogP contribution in [0.3, 0.4) is 0 Å². The number of benzene rings is 2. The minimum atomic E-state index is -0.134. The highest BCUT2D eigenvalue weighted by Gasteiger charge is 2.17. The van der Waals surface area contributed by atoms with Gasteiger partial charge in [0.25, 0.3) is 5.91 Å². The minimum absolute atomic E-state index is 0.134. The van der Waals surface area contributed by atoms with Gasteiger partial charge in [-0.2, -0.15) is 0 Å². The van der Waals surface area contributed by atoms with Crippen LogP contribution in [0, 0.1) is 20.8 Å². The summed E-state index contributed by atoms with van der Waals surface area (Å²) in [6, 6.07) is 11.8. The maximum atomic E-state index is 12.9. The van der Waals surface area contributed by atoms with Crippen LogP contribution < -0.4 is 5.32 Å². The number of hydrogen-bond acceptors (Lipinski definition) is 2. The largest absolute Gasteiger partial charge is 0.338 e. The second kappa shape index (κ2) is 7.00. The molecule has 0 aliphatic carbocycles. The van der Waals surface area contributed by atoms with E-state index in [4.69, 9.17) is 0 Å². The third-order valence-electron chi connectivity index (χ3n) is 4.44. The van der Waals surface area contributed by atoms with Crippen molar-refractivity contribution < 1.29 is 4.79 Å². The van der Waals surface area contributed by atoms with Crippen LogP contribution >= 0.6 is 0 Å². The van der Waals surface area contributed by atoms with Crippen molar-refractivity contribution >= 4 is 22.5 Å². The second-order valence-corrected chi connectivity index (χ2v) is 6.51. The van der Waals surface area contributed by atoms with E-state index in [0.29, 0.717) is 22.7 Å². The summed E-state index contributed by atoms with van der Waals surface area (Å²) in [6.45, 7) is 11.9. The molecule has 2 N–H and O–H groups in total. The van der Waals surface area contributed by atoms with Crippen molar-refractivity contribution in [2.24, 2.45) is 0 Å². The molecule has 3 aromatic rings. The number of aromatic nitrogens is 2. The van der Waals surface area contributed by atoms with Crippen molar-refractivity contribution in [3.8, 4) is 0 Å². The molecule has 1 aromatic heterocycles. The Morgan fingerprint density at radius 2 is 1.81 bits per heavy atom. The molecule has 0 saturated carbocycles. The van der Waals surface area contributed by atoms with E-state index in [0.717, 1.165) is 27.7 Å². The summed E-state index contributed by atoms with van der Waals surface area (Å²) in [7, 11) is 0. The van der Waals surface area contributed by atoms with Gasteiger partial charge in [-0.25, -0.2) is 4.98 Å². The number of para-hydroxylation sites is 2. The molecule has 132 valence electrons. The number of rotatable bonds is 4. The molecule has 0 atom stereocenters. The van der Waals surface area contributed by atoms with Gasteiger partial charge < -0.3 is 10.3 Å². The Morgan fingerprint density at radius 1 is 1.15 bits per heavy atom. The Morgan fingerprint density at radius 3 is 2.42 bits per heavy atom. The fourth-order valence-corrected chi connectivity index (χ4v) is 3.27. The Hall–Kier alpha value is -3.14. The molecule has 0 radical (unpaired) electrons. The number of aromatic amines is 1. The standard InChI is InChI=1S/C22H23N3O/c1-6-17(16(5)21-23-18-9-7-8-10-19(18)24-21)25-22(26)20-14(3)11-13(2)12-15(20)4/h6-12H,5H2,1-4H3,(H,23,24)(H,25,26)/b17-6+. The number of carbonyl (C=O) groups excluding carboxylic acids is 1. The SMILES string of the molecule is C=C(/C(=C\C)NC(=O)c1c(C)cc(C)cc1C)c1nc2ccccc2[nH]1. The Bertz CT molecular complexity index is 984. The molecule has 26 heavy (non-hydrogen) atoms. The predicted molar refractivity (Wildman–Crippen MR) is 107 cm³/mol. The van der Waals surface area contributed by atoms with Crippen LogP contribution in [0.5, 0.6) is 0 Å². The summed E-state index contributed by atoms with van der Waals surface area (Å²) in [5.41, 5.74) is 6.88. The van der Waals surface area contributed by atoms with Crippen LogP contribution in [0.2, 0.25) is 0 Å². The molecule has 4 heteroatoms. The quantitative estimate of drug-likeness (QED) is 0.665. The molecule has 0 fully saturated rings. The summed E-state index contributed by atoms with van der Waals surface area (Å²) >= 11 is 0. The molecule has 4 nitrogen and oxygen atoms in total. The van der Waals surface area contributed by atoms with E-state index in [1.54, 1.807) is 0 Å². The lowest BCUT2D eigenvalue weighted by molar-refractivity contribution is 0.0966. The van der Waals surface area contributed by atoms with E-state index < -0.39 is 0 Å². The number of hydrogen-bond donors (Lipinski definition) is 2. The topological polar surface area (TPSA) is 57.8 Å². The molecule has 0 aliphatic heterocycles. The highest BCUT2D eigenvalue weighted by molar-refractivity contribution is 6.00. The van der Waals surface area contributed by atoms with E-state index in [2.05, 4.69) is 21.9 Å². The summed E-state index contributed by atoms with van der Waals surface area (Å²) in [4.78, 5) is 20.7. The Kier molecular flexibility index (Phi) is 4.76. The fraction of sp³-hybridized carbons (Fsp3) is 0.182. The van der Waals surface area contributed by atoms with Crippen LogP contribution in [0.1, 0.15) is 39.8 Å². The molecule has 3 rings (SSSR count). The van der Waals surface area contributed by atoms with Crippen molar-refractivity contribution in [2.75, 3.05) is 0 Å². The molecule has 0 aliphatic rings. The van der Waals surface area contributed by atoms with Gasteiger partial charge in [0.05, 0.1) is 11.0 Å². The maximum Gasteiger partial charge on any atom is 0.256 e. The first-order chi connectivity index (χ1) is 12.4. The van der Waals surface area contributed by atoms with Gasteiger partial charge in [0.15, 0.2) is 0 Å².